The molecule has 180 valence electrons. The number of aromatic nitrogens is 2. The summed E-state index contributed by atoms with van der Waals surface area (Å²) >= 11 is 0. The van der Waals surface area contributed by atoms with Crippen molar-refractivity contribution in [1.82, 2.24) is 9.97 Å². The number of ether oxygens (including phenoxy) is 1. The van der Waals surface area contributed by atoms with Crippen LogP contribution in [0.15, 0.2) is 40.4 Å². The van der Waals surface area contributed by atoms with Crippen LogP contribution < -0.4 is 21.7 Å². The van der Waals surface area contributed by atoms with Gasteiger partial charge in [0.15, 0.2) is 17.8 Å². The molecule has 2 unspecified atom stereocenters. The number of carboxylic acids is 2. The van der Waals surface area contributed by atoms with Crippen LogP contribution in [0.25, 0.3) is 0 Å². The predicted octanol–water partition coefficient (Wildman–Crippen LogP) is 0.522. The summed E-state index contributed by atoms with van der Waals surface area (Å²) in [7, 11) is 3.25. The van der Waals surface area contributed by atoms with Crippen LogP contribution in [0.4, 0.5) is 11.5 Å². The number of guanidine groups is 1. The Morgan fingerprint density at radius 2 is 2.00 bits per heavy atom. The van der Waals surface area contributed by atoms with Gasteiger partial charge in [0.1, 0.15) is 11.9 Å². The Balaban J connectivity index is 1.73. The van der Waals surface area contributed by atoms with Crippen LogP contribution in [0.5, 0.6) is 0 Å². The number of rotatable bonds is 9. The van der Waals surface area contributed by atoms with E-state index in [-0.39, 0.29) is 24.7 Å². The molecule has 0 spiro atoms. The molecule has 0 aliphatic carbocycles. The molecule has 2 aromatic rings. The van der Waals surface area contributed by atoms with Crippen LogP contribution in [-0.2, 0) is 20.9 Å². The van der Waals surface area contributed by atoms with E-state index in [0.29, 0.717) is 29.3 Å². The molecule has 0 saturated carbocycles. The Labute approximate surface area is 195 Å². The van der Waals surface area contributed by atoms with Gasteiger partial charge in [0, 0.05) is 24.7 Å². The summed E-state index contributed by atoms with van der Waals surface area (Å²) in [6, 6.07) is 5.89. The quantitative estimate of drug-likeness (QED) is 0.252. The highest BCUT2D eigenvalue weighted by Crippen LogP contribution is 2.23. The first-order chi connectivity index (χ1) is 16.2. The van der Waals surface area contributed by atoms with Gasteiger partial charge in [-0.15, -0.1) is 0 Å². The first-order valence-electron chi connectivity index (χ1n) is 10.3. The number of hydrogen-bond acceptors (Lipinski definition) is 11. The monoisotopic (exact) mass is 470 g/mol. The highest BCUT2D eigenvalue weighted by Gasteiger charge is 2.21. The highest BCUT2D eigenvalue weighted by molar-refractivity contribution is 5.96. The predicted molar refractivity (Wildman–Crippen MR) is 125 cm³/mol. The fourth-order valence-electron chi connectivity index (χ4n) is 3.27. The smallest absolute Gasteiger partial charge is 0.328 e. The maximum atomic E-state index is 11.4. The molecule has 1 aliphatic rings. The number of methoxy groups -OCH3 is 1. The minimum atomic E-state index is -1.23. The molecule has 34 heavy (non-hydrogen) atoms. The Kier molecular flexibility index (Phi) is 7.58. The van der Waals surface area contributed by atoms with E-state index in [1.165, 1.54) is 7.11 Å². The molecule has 0 amide bonds. The van der Waals surface area contributed by atoms with Gasteiger partial charge in [0.25, 0.3) is 0 Å². The lowest BCUT2D eigenvalue weighted by Gasteiger charge is -2.22. The summed E-state index contributed by atoms with van der Waals surface area (Å²) in [5.41, 5.74) is 14.2. The van der Waals surface area contributed by atoms with Gasteiger partial charge in [-0.2, -0.15) is 0 Å². The second kappa shape index (κ2) is 10.6. The van der Waals surface area contributed by atoms with Crippen molar-refractivity contribution in [2.75, 3.05) is 24.4 Å². The number of carbonyl (C=O) groups is 2. The molecule has 7 N–H and O–H groups in total. The summed E-state index contributed by atoms with van der Waals surface area (Å²) in [5, 5.41) is 21.0. The number of fused-ring (bicyclic) bond motifs is 1. The second-order valence-electron chi connectivity index (χ2n) is 7.51. The number of hydrogen-bond donors (Lipinski definition) is 5. The number of aliphatic carboxylic acids is 2. The minimum Gasteiger partial charge on any atom is -0.481 e. The number of benzene rings is 1. The van der Waals surface area contributed by atoms with Crippen LogP contribution in [0.3, 0.4) is 0 Å². The molecule has 1 aromatic carbocycles. The number of nitrogens with two attached hydrogens (primary N) is 2. The lowest BCUT2D eigenvalue weighted by molar-refractivity contribution is -0.139. The fourth-order valence-corrected chi connectivity index (χ4v) is 3.27. The molecule has 0 fully saturated rings. The lowest BCUT2D eigenvalue weighted by Crippen LogP contribution is -2.32. The Hall–Kier alpha value is -4.26. The van der Waals surface area contributed by atoms with Gasteiger partial charge < -0.3 is 36.6 Å². The average Bonchev–Trinajstić information content (AvgIpc) is 2.79. The van der Waals surface area contributed by atoms with Crippen molar-refractivity contribution in [3.8, 4) is 0 Å². The van der Waals surface area contributed by atoms with Gasteiger partial charge in [0.05, 0.1) is 25.5 Å². The number of nitrogens with zero attached hydrogens (tertiary/aromatic N) is 5. The molecular weight excluding hydrogens is 444 g/mol. The summed E-state index contributed by atoms with van der Waals surface area (Å²) in [6.45, 7) is 0.438. The maximum Gasteiger partial charge on any atom is 0.328 e. The summed E-state index contributed by atoms with van der Waals surface area (Å²) in [5.74, 6) is -1.54. The third-order valence-electron chi connectivity index (χ3n) is 4.99. The molecule has 2 heterocycles. The summed E-state index contributed by atoms with van der Waals surface area (Å²) in [4.78, 5) is 41.2. The van der Waals surface area contributed by atoms with E-state index in [2.05, 4.69) is 25.3 Å². The zero-order valence-electron chi connectivity index (χ0n) is 18.7. The van der Waals surface area contributed by atoms with Gasteiger partial charge in [0.2, 0.25) is 5.90 Å². The fraction of sp³-hybridized carbons (Fsp3) is 0.333. The SMILES string of the molecule is COC(=NC(CCC(=O)O)C(=O)O)c1ccc(N(C)Cc2cnc3c(n2)C(N)N=C(N)N3)cc1. The second-order valence-corrected chi connectivity index (χ2v) is 7.51. The minimum absolute atomic E-state index is 0.105. The number of anilines is 2. The van der Waals surface area contributed by atoms with Crippen molar-refractivity contribution in [2.24, 2.45) is 21.5 Å². The van der Waals surface area contributed by atoms with Crippen LogP contribution in [0.2, 0.25) is 0 Å². The van der Waals surface area contributed by atoms with Crippen molar-refractivity contribution in [1.29, 1.82) is 0 Å². The maximum absolute atomic E-state index is 11.4. The van der Waals surface area contributed by atoms with Crippen LogP contribution in [0, 0.1) is 0 Å². The molecule has 3 rings (SSSR count). The zero-order valence-corrected chi connectivity index (χ0v) is 18.7. The van der Waals surface area contributed by atoms with Crippen LogP contribution in [0.1, 0.15) is 36.0 Å². The molecule has 2 atom stereocenters. The summed E-state index contributed by atoms with van der Waals surface area (Å²) < 4.78 is 5.26. The lowest BCUT2D eigenvalue weighted by atomic mass is 10.1. The normalized spacial score (nSPS) is 16.0. The van der Waals surface area contributed by atoms with E-state index in [1.807, 2.05) is 24.1 Å². The molecular formula is C21H26N8O5. The van der Waals surface area contributed by atoms with Crippen molar-refractivity contribution in [3.63, 3.8) is 0 Å². The van der Waals surface area contributed by atoms with E-state index in [0.717, 1.165) is 5.69 Å². The van der Waals surface area contributed by atoms with Crippen molar-refractivity contribution in [2.45, 2.75) is 31.6 Å². The third-order valence-corrected chi connectivity index (χ3v) is 4.99. The Bertz CT molecular complexity index is 1120. The van der Waals surface area contributed by atoms with Gasteiger partial charge in [-0.05, 0) is 30.7 Å². The average molecular weight is 470 g/mol. The third kappa shape index (κ3) is 5.95. The van der Waals surface area contributed by atoms with E-state index in [4.69, 9.17) is 21.3 Å². The number of aliphatic imine (C=N–C) groups is 2. The van der Waals surface area contributed by atoms with E-state index in [9.17, 15) is 14.7 Å². The number of nitrogens with one attached hydrogen (secondary N) is 1. The molecule has 0 bridgehead atoms. The molecule has 1 aromatic heterocycles. The summed E-state index contributed by atoms with van der Waals surface area (Å²) in [6.07, 6.45) is 0.483. The van der Waals surface area contributed by atoms with E-state index in [1.54, 1.807) is 18.3 Å². The molecule has 0 saturated heterocycles. The largest absolute Gasteiger partial charge is 0.481 e. The van der Waals surface area contributed by atoms with Gasteiger partial charge in [-0.25, -0.2) is 24.7 Å². The van der Waals surface area contributed by atoms with Crippen LogP contribution in [-0.4, -0.2) is 64.2 Å². The number of carboxylic acid groups (broad SMARTS) is 2. The van der Waals surface area contributed by atoms with Gasteiger partial charge >= 0.3 is 11.9 Å². The molecule has 13 nitrogen and oxygen atoms in total. The van der Waals surface area contributed by atoms with E-state index < -0.39 is 24.1 Å². The first-order valence-corrected chi connectivity index (χ1v) is 10.3. The standard InChI is InChI=1S/C21H26N8O5/c1-29(10-12-9-24-18-16(25-12)17(22)27-21(23)28-18)13-5-3-11(4-6-13)19(34-2)26-14(20(32)33)7-8-15(30)31/h3-6,9,14,17H,7-8,10,22H2,1-2H3,(H,30,31)(H,32,33)(H3,23,24,27,28). The van der Waals surface area contributed by atoms with Crippen molar-refractivity contribution >= 4 is 35.3 Å². The highest BCUT2D eigenvalue weighted by atomic mass is 16.5. The Morgan fingerprint density at radius 3 is 2.62 bits per heavy atom. The van der Waals surface area contributed by atoms with Crippen molar-refractivity contribution < 1.29 is 24.5 Å². The zero-order chi connectivity index (χ0) is 24.8. The Morgan fingerprint density at radius 1 is 1.29 bits per heavy atom. The van der Waals surface area contributed by atoms with Crippen molar-refractivity contribution in [3.05, 3.63) is 47.4 Å². The van der Waals surface area contributed by atoms with Crippen LogP contribution >= 0.6 is 0 Å². The first kappa shape index (κ1) is 24.4. The van der Waals surface area contributed by atoms with E-state index >= 15 is 0 Å². The molecule has 0 radical (unpaired) electrons. The van der Waals surface area contributed by atoms with Gasteiger partial charge in [-0.1, -0.05) is 0 Å². The van der Waals surface area contributed by atoms with Gasteiger partial charge in [-0.3, -0.25) is 4.79 Å². The topological polar surface area (TPSA) is 202 Å². The molecule has 13 heteroatoms. The molecule has 1 aliphatic heterocycles.